The van der Waals surface area contributed by atoms with E-state index in [4.69, 9.17) is 10.8 Å². The Hall–Kier alpha value is -0.610. The largest absolute Gasteiger partial charge is 0.396 e. The van der Waals surface area contributed by atoms with E-state index < -0.39 is 0 Å². The van der Waals surface area contributed by atoms with Gasteiger partial charge in [0.15, 0.2) is 0 Å². The van der Waals surface area contributed by atoms with Crippen LogP contribution in [0.25, 0.3) is 0 Å². The summed E-state index contributed by atoms with van der Waals surface area (Å²) in [6.45, 7) is 3.48. The quantitative estimate of drug-likeness (QED) is 0.491. The fourth-order valence-electron chi connectivity index (χ4n) is 1.65. The van der Waals surface area contributed by atoms with Crippen molar-refractivity contribution >= 4 is 5.91 Å². The van der Waals surface area contributed by atoms with Crippen molar-refractivity contribution in [3.05, 3.63) is 0 Å². The van der Waals surface area contributed by atoms with Crippen LogP contribution in [0.1, 0.15) is 45.4 Å². The first-order valence-corrected chi connectivity index (χ1v) is 6.34. The number of hydrogen-bond acceptors (Lipinski definition) is 3. The Morgan fingerprint density at radius 3 is 2.56 bits per heavy atom. The molecule has 0 radical (unpaired) electrons. The number of carbonyl (C=O) groups is 1. The van der Waals surface area contributed by atoms with Gasteiger partial charge in [-0.1, -0.05) is 26.2 Å². The minimum atomic E-state index is -0.0255. The number of aliphatic hydroxyl groups is 1. The van der Waals surface area contributed by atoms with Crippen molar-refractivity contribution in [1.82, 2.24) is 5.32 Å². The minimum absolute atomic E-state index is 0.0255. The van der Waals surface area contributed by atoms with E-state index >= 15 is 0 Å². The predicted molar refractivity (Wildman–Crippen MR) is 66.0 cm³/mol. The summed E-state index contributed by atoms with van der Waals surface area (Å²) in [5, 5.41) is 11.5. The van der Waals surface area contributed by atoms with Crippen LogP contribution in [0.15, 0.2) is 0 Å². The summed E-state index contributed by atoms with van der Waals surface area (Å²) < 4.78 is 0. The molecule has 0 fully saturated rings. The molecule has 16 heavy (non-hydrogen) atoms. The molecule has 0 aromatic carbocycles. The van der Waals surface area contributed by atoms with Crippen LogP contribution in [0.5, 0.6) is 0 Å². The lowest BCUT2D eigenvalue weighted by Crippen LogP contribution is -2.35. The highest BCUT2D eigenvalue weighted by atomic mass is 16.2. The molecule has 0 spiro atoms. The van der Waals surface area contributed by atoms with Gasteiger partial charge < -0.3 is 16.2 Å². The molecule has 96 valence electrons. The summed E-state index contributed by atoms with van der Waals surface area (Å²) in [7, 11) is 0. The highest BCUT2D eigenvalue weighted by molar-refractivity contribution is 5.78. The average Bonchev–Trinajstić information content (AvgIpc) is 2.30. The summed E-state index contributed by atoms with van der Waals surface area (Å²) in [5.41, 5.74) is 5.54. The van der Waals surface area contributed by atoms with E-state index in [9.17, 15) is 4.79 Å². The molecule has 0 aliphatic carbocycles. The second-order valence-corrected chi connectivity index (χ2v) is 4.15. The molecule has 0 rings (SSSR count). The molecule has 0 bridgehead atoms. The predicted octanol–water partition coefficient (Wildman–Crippen LogP) is 1.03. The molecule has 0 aliphatic rings. The van der Waals surface area contributed by atoms with Gasteiger partial charge in [0.2, 0.25) is 5.91 Å². The Balaban J connectivity index is 3.47. The lowest BCUT2D eigenvalue weighted by atomic mass is 10.0. The minimum Gasteiger partial charge on any atom is -0.396 e. The third-order valence-corrected chi connectivity index (χ3v) is 2.68. The summed E-state index contributed by atoms with van der Waals surface area (Å²) in [5.74, 6) is 0.0638. The van der Waals surface area contributed by atoms with Gasteiger partial charge in [0, 0.05) is 19.7 Å². The number of nitrogens with one attached hydrogen (secondary N) is 1. The number of aliphatic hydroxyl groups excluding tert-OH is 1. The molecule has 1 unspecified atom stereocenters. The zero-order valence-electron chi connectivity index (χ0n) is 10.4. The van der Waals surface area contributed by atoms with Crippen LogP contribution in [0.3, 0.4) is 0 Å². The van der Waals surface area contributed by atoms with Gasteiger partial charge in [-0.15, -0.1) is 0 Å². The van der Waals surface area contributed by atoms with Crippen molar-refractivity contribution in [3.8, 4) is 0 Å². The van der Waals surface area contributed by atoms with Gasteiger partial charge >= 0.3 is 0 Å². The zero-order valence-corrected chi connectivity index (χ0v) is 10.4. The number of hydrogen-bond donors (Lipinski definition) is 3. The molecule has 0 heterocycles. The normalized spacial score (nSPS) is 12.4. The van der Waals surface area contributed by atoms with Gasteiger partial charge in [-0.25, -0.2) is 0 Å². The van der Waals surface area contributed by atoms with Crippen LogP contribution in [0.4, 0.5) is 0 Å². The number of amides is 1. The Labute approximate surface area is 98.6 Å². The topological polar surface area (TPSA) is 75.4 Å². The summed E-state index contributed by atoms with van der Waals surface area (Å²) >= 11 is 0. The van der Waals surface area contributed by atoms with Crippen molar-refractivity contribution in [3.63, 3.8) is 0 Å². The lowest BCUT2D eigenvalue weighted by molar-refractivity contribution is -0.124. The zero-order chi connectivity index (χ0) is 12.2. The van der Waals surface area contributed by atoms with Gasteiger partial charge in [-0.2, -0.15) is 0 Å². The average molecular weight is 230 g/mol. The van der Waals surface area contributed by atoms with Crippen LogP contribution >= 0.6 is 0 Å². The number of carbonyl (C=O) groups excluding carboxylic acids is 1. The number of unbranched alkanes of at least 4 members (excludes halogenated alkanes) is 3. The SMILES string of the molecule is CCCC(CN)C(=O)NCCCCCCO. The molecule has 0 saturated heterocycles. The van der Waals surface area contributed by atoms with E-state index in [0.29, 0.717) is 6.54 Å². The van der Waals surface area contributed by atoms with Crippen LogP contribution < -0.4 is 11.1 Å². The highest BCUT2D eigenvalue weighted by Crippen LogP contribution is 2.04. The molecular formula is C12H26N2O2. The van der Waals surface area contributed by atoms with E-state index in [1.54, 1.807) is 0 Å². The Bertz CT molecular complexity index is 174. The smallest absolute Gasteiger partial charge is 0.224 e. The third kappa shape index (κ3) is 7.65. The fraction of sp³-hybridized carbons (Fsp3) is 0.917. The van der Waals surface area contributed by atoms with E-state index in [0.717, 1.165) is 45.1 Å². The first kappa shape index (κ1) is 15.4. The fourth-order valence-corrected chi connectivity index (χ4v) is 1.65. The van der Waals surface area contributed by atoms with E-state index in [1.807, 2.05) is 0 Å². The van der Waals surface area contributed by atoms with Crippen LogP contribution in [-0.2, 0) is 4.79 Å². The lowest BCUT2D eigenvalue weighted by Gasteiger charge is -2.13. The Morgan fingerprint density at radius 2 is 2.00 bits per heavy atom. The van der Waals surface area contributed by atoms with Crippen LogP contribution in [-0.4, -0.2) is 30.7 Å². The van der Waals surface area contributed by atoms with Gasteiger partial charge in [0.1, 0.15) is 0 Å². The molecule has 0 aliphatic heterocycles. The second kappa shape index (κ2) is 10.9. The van der Waals surface area contributed by atoms with Crippen molar-refractivity contribution in [2.24, 2.45) is 11.7 Å². The maximum absolute atomic E-state index is 11.6. The summed E-state index contributed by atoms with van der Waals surface area (Å²) in [4.78, 5) is 11.6. The molecule has 4 heteroatoms. The van der Waals surface area contributed by atoms with E-state index in [-0.39, 0.29) is 18.4 Å². The van der Waals surface area contributed by atoms with Crippen LogP contribution in [0, 0.1) is 5.92 Å². The molecule has 0 aromatic rings. The second-order valence-electron chi connectivity index (χ2n) is 4.15. The van der Waals surface area contributed by atoms with Gasteiger partial charge in [0.05, 0.1) is 5.92 Å². The van der Waals surface area contributed by atoms with Crippen molar-refractivity contribution < 1.29 is 9.90 Å². The molecular weight excluding hydrogens is 204 g/mol. The monoisotopic (exact) mass is 230 g/mol. The maximum atomic E-state index is 11.6. The summed E-state index contributed by atoms with van der Waals surface area (Å²) in [6.07, 6.45) is 5.78. The van der Waals surface area contributed by atoms with Crippen molar-refractivity contribution in [2.45, 2.75) is 45.4 Å². The van der Waals surface area contributed by atoms with Crippen molar-refractivity contribution in [2.75, 3.05) is 19.7 Å². The first-order valence-electron chi connectivity index (χ1n) is 6.34. The van der Waals surface area contributed by atoms with Crippen molar-refractivity contribution in [1.29, 1.82) is 0 Å². The number of nitrogens with two attached hydrogens (primary N) is 1. The number of rotatable bonds is 10. The Kier molecular flexibility index (Phi) is 10.5. The summed E-state index contributed by atoms with van der Waals surface area (Å²) in [6, 6.07) is 0. The van der Waals surface area contributed by atoms with E-state index in [1.165, 1.54) is 0 Å². The molecule has 1 atom stereocenters. The molecule has 4 nitrogen and oxygen atoms in total. The van der Waals surface area contributed by atoms with Gasteiger partial charge in [-0.3, -0.25) is 4.79 Å². The Morgan fingerprint density at radius 1 is 1.31 bits per heavy atom. The highest BCUT2D eigenvalue weighted by Gasteiger charge is 2.14. The first-order chi connectivity index (χ1) is 7.76. The standard InChI is InChI=1S/C12H26N2O2/c1-2-7-11(10-13)12(16)14-8-5-3-4-6-9-15/h11,15H,2-10,13H2,1H3,(H,14,16). The molecule has 0 aromatic heterocycles. The molecule has 1 amide bonds. The van der Waals surface area contributed by atoms with Gasteiger partial charge in [-0.05, 0) is 19.3 Å². The maximum Gasteiger partial charge on any atom is 0.224 e. The molecule has 4 N–H and O–H groups in total. The van der Waals surface area contributed by atoms with Gasteiger partial charge in [0.25, 0.3) is 0 Å². The molecule has 0 saturated carbocycles. The third-order valence-electron chi connectivity index (χ3n) is 2.68. The van der Waals surface area contributed by atoms with E-state index in [2.05, 4.69) is 12.2 Å². The van der Waals surface area contributed by atoms with Crippen LogP contribution in [0.2, 0.25) is 0 Å².